The van der Waals surface area contributed by atoms with E-state index in [1.807, 2.05) is 6.07 Å². The number of nitrogens with one attached hydrogen (secondary N) is 4. The summed E-state index contributed by atoms with van der Waals surface area (Å²) in [4.78, 5) is 98.1. The number of fused-ring (bicyclic) bond motifs is 2. The van der Waals surface area contributed by atoms with Crippen LogP contribution in [-0.2, 0) is 69.1 Å². The zero-order valence-corrected chi connectivity index (χ0v) is 49.7. The standard InChI is InChI=1S/C18H25N6O12P3.C17H21N6O7P.CH2Cl4O2P2.CH4/c1-10(2)16(25)22-18-21-15-14(17(26)23-18)20-8-24(15)13-6-11(36-37(27)33-5-3-4-19)12(35-13)7-34-39(31,32)9-38(28,29)30;1-9(2)15(25)21-17-20-14-13(16(26)22-17)19-8-23(14)12-6-10(11(7-24)29-12)30-31(27)28-5-3-4-18;2-8(3,6)1-9(4,5)7;/h8,10-13H,3,5-7,9H2,1-2H3,(H4-,21,22,23,25,26,28,29,30,31,32);8-12,24H,3,5-7H2,1-2H3,(H-,20,21,22,25,26);1H2;1H4/p+2. The third-order valence-electron chi connectivity index (χ3n) is 9.95. The fourth-order valence-corrected chi connectivity index (χ4v) is 19.4. The molecule has 9 atom stereocenters. The lowest BCUT2D eigenvalue weighted by atomic mass is 10.2. The van der Waals surface area contributed by atoms with Gasteiger partial charge in [-0.3, -0.25) is 67.2 Å². The van der Waals surface area contributed by atoms with E-state index in [1.54, 1.807) is 33.8 Å². The van der Waals surface area contributed by atoms with Gasteiger partial charge in [0.05, 0.1) is 50.8 Å². The zero-order valence-electron chi connectivity index (χ0n) is 41.3. The van der Waals surface area contributed by atoms with Crippen LogP contribution in [0.1, 0.15) is 73.3 Å². The summed E-state index contributed by atoms with van der Waals surface area (Å²) in [5.74, 6) is -10.3. The van der Waals surface area contributed by atoms with E-state index in [0.717, 1.165) is 0 Å². The molecule has 2 fully saturated rings. The Hall–Kier alpha value is -3.54. The predicted octanol–water partition coefficient (Wildman–Crippen LogP) is 7.20. The van der Waals surface area contributed by atoms with E-state index in [-0.39, 0.29) is 92.4 Å². The number of aromatic amines is 2. The summed E-state index contributed by atoms with van der Waals surface area (Å²) in [6.07, 6.45) is -2.94. The Bertz CT molecular complexity index is 3230. The number of imidazole rings is 2. The number of nitriles is 2. The molecule has 0 bridgehead atoms. The fraction of sp³-hybridized carbons (Fsp3) is 0.622. The maximum absolute atomic E-state index is 12.5. The molecule has 4 aromatic rings. The number of aliphatic hydroxyl groups excluding tert-OH is 1. The van der Waals surface area contributed by atoms with Gasteiger partial charge in [0.15, 0.2) is 28.2 Å². The first-order valence-corrected chi connectivity index (χ1v) is 35.6. The third kappa shape index (κ3) is 22.9. The molecule has 444 valence electrons. The number of carbonyl (C=O) groups is 2. The maximum Gasteiger partial charge on any atom is 0.697 e. The van der Waals surface area contributed by atoms with Crippen molar-refractivity contribution in [2.45, 2.75) is 97.7 Å². The van der Waals surface area contributed by atoms with Crippen molar-refractivity contribution in [3.8, 4) is 12.1 Å². The largest absolute Gasteiger partial charge is 0.697 e. The highest BCUT2D eigenvalue weighted by molar-refractivity contribution is 8.21. The van der Waals surface area contributed by atoms with Crippen LogP contribution in [0, 0.1) is 34.5 Å². The quantitative estimate of drug-likeness (QED) is 0.0254. The minimum absolute atomic E-state index is 0. The maximum atomic E-state index is 12.5. The number of ether oxygens (including phenoxy) is 2. The van der Waals surface area contributed by atoms with Crippen LogP contribution in [0.25, 0.3) is 22.3 Å². The molecule has 43 heteroatoms. The SMILES string of the molecule is C.CC(C)C(=O)Nc1nc2c(ncn2C2CC(O[P+](=O)OCCC#N)C(CO)O2)c(=O)[nH]1.CC(C)C(=O)Nc1nc2c(ncn2C2CC(O[P+](=O)OCCC#N)C(COP(=O)(O)CP(=O)(O)O)O2)c(=O)[nH]1.O=P(Cl)(Cl)CP(=O)(Cl)Cl. The lowest BCUT2D eigenvalue weighted by Gasteiger charge is -2.18. The van der Waals surface area contributed by atoms with E-state index < -0.39 is 128 Å². The predicted molar refractivity (Wildman–Crippen MR) is 288 cm³/mol. The molecular weight excluding hydrogens is 1280 g/mol. The number of hydrogen-bond acceptors (Lipinski definition) is 24. The Morgan fingerprint density at radius 2 is 1.16 bits per heavy atom. The van der Waals surface area contributed by atoms with Gasteiger partial charge in [-0.1, -0.05) is 35.1 Å². The van der Waals surface area contributed by atoms with Gasteiger partial charge in [0.1, 0.15) is 56.0 Å². The van der Waals surface area contributed by atoms with Gasteiger partial charge in [-0.15, -0.1) is 18.1 Å². The van der Waals surface area contributed by atoms with E-state index in [4.69, 9.17) is 97.4 Å². The third-order valence-corrected chi connectivity index (χ3v) is 21.6. The second kappa shape index (κ2) is 31.4. The highest BCUT2D eigenvalue weighted by Gasteiger charge is 2.46. The summed E-state index contributed by atoms with van der Waals surface area (Å²) >= 11 is 20.0. The van der Waals surface area contributed by atoms with Crippen LogP contribution in [0.5, 0.6) is 0 Å². The van der Waals surface area contributed by atoms with Gasteiger partial charge in [0, 0.05) is 33.8 Å². The Kier molecular flexibility index (Phi) is 27.7. The average molecular weight is 1330 g/mol. The molecule has 0 aliphatic carbocycles. The van der Waals surface area contributed by atoms with E-state index in [1.165, 1.54) is 21.8 Å². The molecule has 4 aromatic heterocycles. The molecule has 0 spiro atoms. The van der Waals surface area contributed by atoms with Crippen LogP contribution in [0.2, 0.25) is 0 Å². The summed E-state index contributed by atoms with van der Waals surface area (Å²) < 4.78 is 108. The van der Waals surface area contributed by atoms with Crippen LogP contribution in [0.3, 0.4) is 0 Å². The van der Waals surface area contributed by atoms with Crippen molar-refractivity contribution in [1.82, 2.24) is 39.0 Å². The van der Waals surface area contributed by atoms with Gasteiger partial charge in [-0.05, 0) is 45.0 Å². The number of nitrogens with zero attached hydrogens (tertiary/aromatic N) is 8. The first kappa shape index (κ1) is 70.7. The first-order chi connectivity index (χ1) is 36.7. The minimum Gasteiger partial charge on any atom is -0.394 e. The molecular formula is C37H54Cl4N12O21P6+2. The van der Waals surface area contributed by atoms with Crippen molar-refractivity contribution in [2.75, 3.05) is 48.9 Å². The minimum atomic E-state index is -4.89. The second-order valence-electron chi connectivity index (χ2n) is 16.9. The smallest absolute Gasteiger partial charge is 0.394 e. The molecule has 80 heavy (non-hydrogen) atoms. The lowest BCUT2D eigenvalue weighted by Crippen LogP contribution is -2.27. The second-order valence-corrected chi connectivity index (χ2v) is 33.7. The monoisotopic (exact) mass is 1330 g/mol. The Morgan fingerprint density at radius 1 is 0.762 bits per heavy atom. The number of halogens is 4. The summed E-state index contributed by atoms with van der Waals surface area (Å²) in [5.41, 5.74) is -1.07. The number of aromatic nitrogens is 8. The number of amides is 2. The highest BCUT2D eigenvalue weighted by Crippen LogP contribution is 2.72. The zero-order chi connectivity index (χ0) is 59.2. The van der Waals surface area contributed by atoms with Gasteiger partial charge in [0.2, 0.25) is 23.7 Å². The van der Waals surface area contributed by atoms with Crippen molar-refractivity contribution in [2.24, 2.45) is 11.8 Å². The van der Waals surface area contributed by atoms with Crippen LogP contribution < -0.4 is 21.8 Å². The van der Waals surface area contributed by atoms with Gasteiger partial charge >= 0.3 is 31.7 Å². The molecule has 0 radical (unpaired) electrons. The van der Waals surface area contributed by atoms with E-state index in [2.05, 4.69) is 40.5 Å². The number of anilines is 2. The topological polar surface area (TPSA) is 481 Å². The van der Waals surface area contributed by atoms with Crippen LogP contribution in [-0.4, -0.2) is 133 Å². The van der Waals surface area contributed by atoms with E-state index >= 15 is 0 Å². The first-order valence-electron chi connectivity index (χ1n) is 22.5. The highest BCUT2D eigenvalue weighted by atomic mass is 35.9. The summed E-state index contributed by atoms with van der Waals surface area (Å²) in [6.45, 7) is 5.35. The summed E-state index contributed by atoms with van der Waals surface area (Å²) in [7, 11) is -14.9. The number of aliphatic hydroxyl groups is 1. The van der Waals surface area contributed by atoms with Crippen LogP contribution >= 0.6 is 88.4 Å². The van der Waals surface area contributed by atoms with E-state index in [9.17, 15) is 56.6 Å². The number of H-pyrrole nitrogens is 2. The van der Waals surface area contributed by atoms with Crippen molar-refractivity contribution in [3.05, 3.63) is 33.4 Å². The molecule has 0 saturated carbocycles. The fourth-order valence-electron chi connectivity index (χ4n) is 6.46. The van der Waals surface area contributed by atoms with Gasteiger partial charge in [-0.2, -0.15) is 20.5 Å². The van der Waals surface area contributed by atoms with Crippen molar-refractivity contribution < 1.29 is 88.9 Å². The summed E-state index contributed by atoms with van der Waals surface area (Å²) in [6, 6.07) is 3.66. The molecule has 0 aromatic carbocycles. The Labute approximate surface area is 474 Å². The molecule has 6 rings (SSSR count). The molecule has 33 nitrogen and oxygen atoms in total. The number of hydrogen-bond donors (Lipinski definition) is 8. The molecule has 2 saturated heterocycles. The number of rotatable bonds is 24. The average Bonchev–Trinajstić information content (AvgIpc) is 4.12. The van der Waals surface area contributed by atoms with Crippen molar-refractivity contribution >= 4 is 134 Å². The Morgan fingerprint density at radius 3 is 1.51 bits per heavy atom. The molecule has 2 amide bonds. The van der Waals surface area contributed by atoms with Gasteiger partial charge in [-0.25, -0.2) is 9.97 Å². The Balaban J connectivity index is 0.000000366. The molecule has 8 N–H and O–H groups in total. The van der Waals surface area contributed by atoms with Gasteiger partial charge < -0.3 is 33.8 Å². The van der Waals surface area contributed by atoms with Crippen LogP contribution in [0.15, 0.2) is 22.2 Å². The van der Waals surface area contributed by atoms with Gasteiger partial charge in [0.25, 0.3) is 22.8 Å². The van der Waals surface area contributed by atoms with Crippen molar-refractivity contribution in [3.63, 3.8) is 0 Å². The molecule has 9 unspecified atom stereocenters. The van der Waals surface area contributed by atoms with Crippen molar-refractivity contribution in [1.29, 1.82) is 10.5 Å². The number of carbonyl (C=O) groups excluding carboxylic acids is 2. The molecule has 2 aliphatic heterocycles. The molecule has 6 heterocycles. The lowest BCUT2D eigenvalue weighted by molar-refractivity contribution is -0.119. The van der Waals surface area contributed by atoms with E-state index in [0.29, 0.717) is 0 Å². The summed E-state index contributed by atoms with van der Waals surface area (Å²) in [5, 5.41) is 31.7. The molecule has 2 aliphatic rings. The normalized spacial score (nSPS) is 20.4. The van der Waals surface area contributed by atoms with Crippen LogP contribution in [0.4, 0.5) is 11.9 Å².